The van der Waals surface area contributed by atoms with E-state index in [4.69, 9.17) is 0 Å². The van der Waals surface area contributed by atoms with Crippen LogP contribution in [0.25, 0.3) is 16.9 Å². The molecule has 3 aromatic rings. The van der Waals surface area contributed by atoms with Gasteiger partial charge in [0.05, 0.1) is 11.9 Å². The largest absolute Gasteiger partial charge is 0.506 e. The van der Waals surface area contributed by atoms with E-state index in [9.17, 15) is 5.11 Å². The summed E-state index contributed by atoms with van der Waals surface area (Å²) in [5.41, 5.74) is 2.69. The van der Waals surface area contributed by atoms with E-state index in [1.807, 2.05) is 18.3 Å². The normalized spacial score (nSPS) is 10.8. The highest BCUT2D eigenvalue weighted by atomic mass is 16.3. The van der Waals surface area contributed by atoms with Crippen LogP contribution in [-0.2, 0) is 0 Å². The lowest BCUT2D eigenvalue weighted by Crippen LogP contribution is -1.79. The molecule has 0 spiro atoms. The maximum atomic E-state index is 9.35. The lowest BCUT2D eigenvalue weighted by molar-refractivity contribution is 0.472. The zero-order chi connectivity index (χ0) is 11.0. The molecule has 16 heavy (non-hydrogen) atoms. The predicted molar refractivity (Wildman–Crippen MR) is 60.1 cm³/mol. The second kappa shape index (κ2) is 3.34. The fraction of sp³-hybridized carbons (Fsp3) is 0. The van der Waals surface area contributed by atoms with Gasteiger partial charge in [-0.15, -0.1) is 0 Å². The molecule has 0 amide bonds. The summed E-state index contributed by atoms with van der Waals surface area (Å²) in [6, 6.07) is 7.21. The number of nitrogens with zero attached hydrogens (tertiary/aromatic N) is 3. The molecule has 0 aliphatic rings. The highest BCUT2D eigenvalue weighted by molar-refractivity contribution is 5.62. The minimum atomic E-state index is 0.228. The van der Waals surface area contributed by atoms with Crippen LogP contribution >= 0.6 is 0 Å². The second-order valence-corrected chi connectivity index (χ2v) is 3.51. The first-order chi connectivity index (χ1) is 7.83. The van der Waals surface area contributed by atoms with E-state index >= 15 is 0 Å². The Morgan fingerprint density at radius 3 is 2.62 bits per heavy atom. The van der Waals surface area contributed by atoms with Crippen molar-refractivity contribution in [3.05, 3.63) is 49.1 Å². The van der Waals surface area contributed by atoms with Crippen LogP contribution in [0.2, 0.25) is 0 Å². The fourth-order valence-corrected chi connectivity index (χ4v) is 1.64. The van der Waals surface area contributed by atoms with Gasteiger partial charge in [0.2, 0.25) is 0 Å². The van der Waals surface area contributed by atoms with Gasteiger partial charge in [-0.1, -0.05) is 0 Å². The highest BCUT2D eigenvalue weighted by Crippen LogP contribution is 2.19. The lowest BCUT2D eigenvalue weighted by atomic mass is 10.2. The van der Waals surface area contributed by atoms with Crippen LogP contribution in [0.15, 0.2) is 49.1 Å². The molecule has 0 unspecified atom stereocenters. The van der Waals surface area contributed by atoms with E-state index in [1.165, 1.54) is 0 Å². The Morgan fingerprint density at radius 1 is 1.00 bits per heavy atom. The SMILES string of the molecule is Oc1ccc2nc(-c3ccncc3)cn2c1. The third-order valence-electron chi connectivity index (χ3n) is 2.41. The van der Waals surface area contributed by atoms with Gasteiger partial charge >= 0.3 is 0 Å². The van der Waals surface area contributed by atoms with Crippen LogP contribution in [0, 0.1) is 0 Å². The summed E-state index contributed by atoms with van der Waals surface area (Å²) in [4.78, 5) is 8.41. The summed E-state index contributed by atoms with van der Waals surface area (Å²) in [6.45, 7) is 0. The van der Waals surface area contributed by atoms with E-state index in [0.29, 0.717) is 0 Å². The number of pyridine rings is 2. The molecule has 0 aliphatic carbocycles. The molecule has 0 saturated carbocycles. The minimum absolute atomic E-state index is 0.228. The third kappa shape index (κ3) is 1.40. The molecule has 78 valence electrons. The number of hydrogen-bond acceptors (Lipinski definition) is 3. The van der Waals surface area contributed by atoms with Crippen molar-refractivity contribution in [2.45, 2.75) is 0 Å². The molecule has 0 bridgehead atoms. The van der Waals surface area contributed by atoms with Crippen molar-refractivity contribution in [3.63, 3.8) is 0 Å². The fourth-order valence-electron chi connectivity index (χ4n) is 1.64. The molecule has 0 radical (unpaired) electrons. The van der Waals surface area contributed by atoms with Crippen LogP contribution in [0.5, 0.6) is 5.75 Å². The van der Waals surface area contributed by atoms with Gasteiger partial charge in [0, 0.05) is 24.2 Å². The smallest absolute Gasteiger partial charge is 0.137 e. The Morgan fingerprint density at radius 2 is 1.81 bits per heavy atom. The van der Waals surface area contributed by atoms with Gasteiger partial charge < -0.3 is 9.51 Å². The Labute approximate surface area is 91.8 Å². The molecule has 3 aromatic heterocycles. The summed E-state index contributed by atoms with van der Waals surface area (Å²) in [5, 5.41) is 9.35. The Kier molecular flexibility index (Phi) is 1.86. The minimum Gasteiger partial charge on any atom is -0.506 e. The predicted octanol–water partition coefficient (Wildman–Crippen LogP) is 2.10. The van der Waals surface area contributed by atoms with Crippen LogP contribution < -0.4 is 0 Å². The molecule has 4 heteroatoms. The van der Waals surface area contributed by atoms with Crippen molar-refractivity contribution in [1.82, 2.24) is 14.4 Å². The van der Waals surface area contributed by atoms with Gasteiger partial charge in [0.15, 0.2) is 0 Å². The van der Waals surface area contributed by atoms with Crippen LogP contribution in [0.3, 0.4) is 0 Å². The first kappa shape index (κ1) is 8.91. The molecular weight excluding hydrogens is 202 g/mol. The number of fused-ring (bicyclic) bond motifs is 1. The Bertz CT molecular complexity index is 631. The molecular formula is C12H9N3O. The number of aromatic nitrogens is 3. The average Bonchev–Trinajstić information content (AvgIpc) is 2.73. The average molecular weight is 211 g/mol. The number of hydrogen-bond donors (Lipinski definition) is 1. The monoisotopic (exact) mass is 211 g/mol. The van der Waals surface area contributed by atoms with Gasteiger partial charge in [-0.2, -0.15) is 0 Å². The first-order valence-corrected chi connectivity index (χ1v) is 4.91. The summed E-state index contributed by atoms with van der Waals surface area (Å²) < 4.78 is 1.80. The van der Waals surface area contributed by atoms with E-state index in [1.54, 1.807) is 35.1 Å². The number of imidazole rings is 1. The van der Waals surface area contributed by atoms with Gasteiger partial charge in [-0.05, 0) is 24.3 Å². The van der Waals surface area contributed by atoms with Crippen molar-refractivity contribution < 1.29 is 5.11 Å². The maximum absolute atomic E-state index is 9.35. The molecule has 0 fully saturated rings. The van der Waals surface area contributed by atoms with Gasteiger partial charge in [0.25, 0.3) is 0 Å². The molecule has 3 heterocycles. The van der Waals surface area contributed by atoms with E-state index in [2.05, 4.69) is 9.97 Å². The molecule has 0 aliphatic heterocycles. The summed E-state index contributed by atoms with van der Waals surface area (Å²) in [6.07, 6.45) is 6.98. The molecule has 3 rings (SSSR count). The van der Waals surface area contributed by atoms with Crippen molar-refractivity contribution in [2.24, 2.45) is 0 Å². The zero-order valence-electron chi connectivity index (χ0n) is 8.41. The van der Waals surface area contributed by atoms with Crippen LogP contribution in [0.1, 0.15) is 0 Å². The summed E-state index contributed by atoms with van der Waals surface area (Å²) in [7, 11) is 0. The van der Waals surface area contributed by atoms with E-state index < -0.39 is 0 Å². The van der Waals surface area contributed by atoms with Crippen LogP contribution in [-0.4, -0.2) is 19.5 Å². The molecule has 0 saturated heterocycles. The first-order valence-electron chi connectivity index (χ1n) is 4.91. The molecule has 4 nitrogen and oxygen atoms in total. The van der Waals surface area contributed by atoms with Gasteiger partial charge in [0.1, 0.15) is 11.4 Å². The van der Waals surface area contributed by atoms with Crippen molar-refractivity contribution >= 4 is 5.65 Å². The zero-order valence-corrected chi connectivity index (χ0v) is 8.41. The number of rotatable bonds is 1. The van der Waals surface area contributed by atoms with Crippen molar-refractivity contribution in [1.29, 1.82) is 0 Å². The second-order valence-electron chi connectivity index (χ2n) is 3.51. The quantitative estimate of drug-likeness (QED) is 0.670. The van der Waals surface area contributed by atoms with Gasteiger partial charge in [-0.25, -0.2) is 4.98 Å². The maximum Gasteiger partial charge on any atom is 0.137 e. The summed E-state index contributed by atoms with van der Waals surface area (Å²) >= 11 is 0. The molecule has 0 atom stereocenters. The van der Waals surface area contributed by atoms with Crippen molar-refractivity contribution in [3.8, 4) is 17.0 Å². The van der Waals surface area contributed by atoms with E-state index in [0.717, 1.165) is 16.9 Å². The molecule has 0 aromatic carbocycles. The van der Waals surface area contributed by atoms with Gasteiger partial charge in [-0.3, -0.25) is 4.98 Å². The Hall–Kier alpha value is -2.36. The highest BCUT2D eigenvalue weighted by Gasteiger charge is 2.03. The molecule has 1 N–H and O–H groups in total. The number of aromatic hydroxyl groups is 1. The lowest BCUT2D eigenvalue weighted by Gasteiger charge is -1.92. The van der Waals surface area contributed by atoms with Crippen LogP contribution in [0.4, 0.5) is 0 Å². The Balaban J connectivity index is 2.19. The standard InChI is InChI=1S/C12H9N3O/c16-10-1-2-12-14-11(8-15(12)7-10)9-3-5-13-6-4-9/h1-8,16H. The third-order valence-corrected chi connectivity index (χ3v) is 2.41. The summed E-state index contributed by atoms with van der Waals surface area (Å²) in [5.74, 6) is 0.228. The van der Waals surface area contributed by atoms with Crippen molar-refractivity contribution in [2.75, 3.05) is 0 Å². The topological polar surface area (TPSA) is 50.4 Å². The van der Waals surface area contributed by atoms with E-state index in [-0.39, 0.29) is 5.75 Å².